The maximum absolute atomic E-state index is 12.1. The molecule has 2 aromatic heterocycles. The number of carbonyl (C=O) groups excluding carboxylic acids is 1. The van der Waals surface area contributed by atoms with E-state index in [4.69, 9.17) is 5.11 Å². The minimum Gasteiger partial charge on any atom is -0.465 e. The fraction of sp³-hybridized carbons (Fsp3) is 0.333. The van der Waals surface area contributed by atoms with Crippen LogP contribution in [0.5, 0.6) is 0 Å². The first-order chi connectivity index (χ1) is 16.5. The molecule has 0 saturated carbocycles. The van der Waals surface area contributed by atoms with Crippen molar-refractivity contribution in [3.63, 3.8) is 0 Å². The van der Waals surface area contributed by atoms with E-state index in [0.29, 0.717) is 18.4 Å². The average molecular weight is 462 g/mol. The van der Waals surface area contributed by atoms with Gasteiger partial charge in [-0.15, -0.1) is 0 Å². The van der Waals surface area contributed by atoms with Crippen LogP contribution in [0.3, 0.4) is 0 Å². The molecular weight excluding hydrogens is 434 g/mol. The van der Waals surface area contributed by atoms with Gasteiger partial charge in [-0.3, -0.25) is 4.79 Å². The second kappa shape index (κ2) is 10.7. The third-order valence-corrected chi connectivity index (χ3v) is 5.86. The van der Waals surface area contributed by atoms with Crippen LogP contribution in [0.1, 0.15) is 30.1 Å². The molecule has 2 N–H and O–H groups in total. The summed E-state index contributed by atoms with van der Waals surface area (Å²) in [5.41, 5.74) is 2.77. The second-order valence-electron chi connectivity index (χ2n) is 8.25. The van der Waals surface area contributed by atoms with Crippen molar-refractivity contribution < 1.29 is 14.7 Å². The number of piperidine rings is 1. The smallest absolute Gasteiger partial charge is 0.405 e. The summed E-state index contributed by atoms with van der Waals surface area (Å²) in [5.74, 6) is 1.68. The first-order valence-electron chi connectivity index (χ1n) is 11.1. The molecule has 34 heavy (non-hydrogen) atoms. The Labute approximate surface area is 197 Å². The Kier molecular flexibility index (Phi) is 7.26. The van der Waals surface area contributed by atoms with Crippen LogP contribution >= 0.6 is 0 Å². The summed E-state index contributed by atoms with van der Waals surface area (Å²) in [5, 5.41) is 10.7. The van der Waals surface area contributed by atoms with Gasteiger partial charge in [0.05, 0.1) is 0 Å². The van der Waals surface area contributed by atoms with Crippen LogP contribution in [0, 0.1) is 0 Å². The maximum Gasteiger partial charge on any atom is 0.405 e. The lowest BCUT2D eigenvalue weighted by Crippen LogP contribution is -2.37. The Morgan fingerprint density at radius 2 is 1.76 bits per heavy atom. The van der Waals surface area contributed by atoms with Gasteiger partial charge in [0.25, 0.3) is 0 Å². The van der Waals surface area contributed by atoms with Crippen LogP contribution < -0.4 is 10.2 Å². The summed E-state index contributed by atoms with van der Waals surface area (Å²) in [6.07, 6.45) is 7.92. The fourth-order valence-electron chi connectivity index (χ4n) is 3.99. The highest BCUT2D eigenvalue weighted by atomic mass is 16.4. The highest BCUT2D eigenvalue weighted by Crippen LogP contribution is 2.27. The number of likely N-dealkylation sites (N-methyl/N-ethyl adjacent to an activating group) is 1. The van der Waals surface area contributed by atoms with Crippen LogP contribution in [0.2, 0.25) is 0 Å². The summed E-state index contributed by atoms with van der Waals surface area (Å²) in [6.45, 7) is 1.83. The molecule has 1 aliphatic heterocycles. The third-order valence-electron chi connectivity index (χ3n) is 5.86. The lowest BCUT2D eigenvalue weighted by molar-refractivity contribution is -0.129. The number of amides is 2. The zero-order valence-electron chi connectivity index (χ0n) is 19.0. The van der Waals surface area contributed by atoms with Crippen molar-refractivity contribution in [2.45, 2.75) is 25.3 Å². The van der Waals surface area contributed by atoms with Crippen molar-refractivity contribution in [3.8, 4) is 11.1 Å². The molecule has 176 valence electrons. The zero-order chi connectivity index (χ0) is 23.9. The van der Waals surface area contributed by atoms with Gasteiger partial charge < -0.3 is 20.2 Å². The molecule has 3 aromatic rings. The normalized spacial score (nSPS) is 14.0. The van der Waals surface area contributed by atoms with E-state index in [1.807, 2.05) is 42.7 Å². The largest absolute Gasteiger partial charge is 0.465 e. The van der Waals surface area contributed by atoms with E-state index in [1.54, 1.807) is 19.4 Å². The number of hydrogen-bond acceptors (Lipinski definition) is 7. The Hall–Kier alpha value is -4.08. The first kappa shape index (κ1) is 23.1. The fourth-order valence-corrected chi connectivity index (χ4v) is 3.99. The molecule has 0 aliphatic carbocycles. The molecule has 1 aliphatic rings. The number of nitrogens with zero attached hydrogens (tertiary/aromatic N) is 6. The second-order valence-corrected chi connectivity index (χ2v) is 8.25. The first-order valence-corrected chi connectivity index (χ1v) is 11.1. The van der Waals surface area contributed by atoms with Crippen molar-refractivity contribution >= 4 is 17.9 Å². The molecule has 10 nitrogen and oxygen atoms in total. The van der Waals surface area contributed by atoms with E-state index >= 15 is 0 Å². The molecule has 1 aromatic carbocycles. The topological polar surface area (TPSA) is 124 Å². The van der Waals surface area contributed by atoms with Gasteiger partial charge in [-0.05, 0) is 36.1 Å². The number of carboxylic acid groups (broad SMARTS) is 1. The van der Waals surface area contributed by atoms with Gasteiger partial charge in [0.2, 0.25) is 11.9 Å². The molecule has 1 saturated heterocycles. The van der Waals surface area contributed by atoms with E-state index in [-0.39, 0.29) is 12.5 Å². The van der Waals surface area contributed by atoms with Crippen LogP contribution in [0.15, 0.2) is 55.1 Å². The number of hydrogen-bond donors (Lipinski definition) is 2. The third kappa shape index (κ3) is 5.83. The molecule has 2 amide bonds. The number of rotatable bonds is 7. The van der Waals surface area contributed by atoms with E-state index in [2.05, 4.69) is 30.2 Å². The summed E-state index contributed by atoms with van der Waals surface area (Å²) >= 11 is 0. The lowest BCUT2D eigenvalue weighted by Gasteiger charge is -2.31. The van der Waals surface area contributed by atoms with Gasteiger partial charge in [-0.1, -0.05) is 18.2 Å². The van der Waals surface area contributed by atoms with E-state index < -0.39 is 6.09 Å². The van der Waals surface area contributed by atoms with Crippen molar-refractivity contribution in [3.05, 3.63) is 66.5 Å². The molecule has 10 heteroatoms. The van der Waals surface area contributed by atoms with Crippen LogP contribution in [0.25, 0.3) is 11.1 Å². The number of nitrogens with one attached hydrogen (secondary N) is 1. The van der Waals surface area contributed by atoms with Gasteiger partial charge in [-0.2, -0.15) is 0 Å². The van der Waals surface area contributed by atoms with Crippen molar-refractivity contribution in [1.29, 1.82) is 0 Å². The molecule has 3 heterocycles. The molecule has 0 bridgehead atoms. The summed E-state index contributed by atoms with van der Waals surface area (Å²) < 4.78 is 0. The Bertz CT molecular complexity index is 1120. The number of benzene rings is 1. The number of anilines is 1. The highest BCUT2D eigenvalue weighted by Gasteiger charge is 2.23. The Balaban J connectivity index is 1.36. The van der Waals surface area contributed by atoms with Crippen LogP contribution in [0.4, 0.5) is 10.7 Å². The monoisotopic (exact) mass is 461 g/mol. The van der Waals surface area contributed by atoms with E-state index in [0.717, 1.165) is 48.4 Å². The predicted molar refractivity (Wildman–Crippen MR) is 126 cm³/mol. The molecule has 4 rings (SSSR count). The van der Waals surface area contributed by atoms with E-state index in [9.17, 15) is 9.59 Å². The van der Waals surface area contributed by atoms with Gasteiger partial charge >= 0.3 is 6.09 Å². The SMILES string of the molecule is CN(Cc1cccc(-c2cnc(N3CCC(c4ncccn4)CC3)nc2)c1)C(=O)CNC(=O)O. The molecule has 0 atom stereocenters. The van der Waals surface area contributed by atoms with Gasteiger partial charge in [-0.25, -0.2) is 24.7 Å². The van der Waals surface area contributed by atoms with Gasteiger partial charge in [0, 0.05) is 63.0 Å². The molecule has 0 unspecified atom stereocenters. The number of carbonyl (C=O) groups is 2. The van der Waals surface area contributed by atoms with Crippen molar-refractivity contribution in [2.24, 2.45) is 0 Å². The van der Waals surface area contributed by atoms with Gasteiger partial charge in [0.15, 0.2) is 0 Å². The highest BCUT2D eigenvalue weighted by molar-refractivity contribution is 5.81. The van der Waals surface area contributed by atoms with E-state index in [1.165, 1.54) is 4.90 Å². The minimum atomic E-state index is -1.22. The number of aromatic nitrogens is 4. The maximum atomic E-state index is 12.1. The minimum absolute atomic E-state index is 0.254. The van der Waals surface area contributed by atoms with Crippen molar-refractivity contribution in [2.75, 3.05) is 31.6 Å². The quantitative estimate of drug-likeness (QED) is 0.550. The standard InChI is InChI=1S/C24H27N7O3/c1-30(21(32)15-29-24(33)34)16-17-4-2-5-19(12-17)20-13-27-23(28-14-20)31-10-6-18(7-11-31)22-25-8-3-9-26-22/h2-5,8-9,12-14,18,29H,6-7,10-11,15-16H2,1H3,(H,33,34). The van der Waals surface area contributed by atoms with Crippen molar-refractivity contribution in [1.82, 2.24) is 30.2 Å². The lowest BCUT2D eigenvalue weighted by atomic mass is 9.96. The molecule has 0 radical (unpaired) electrons. The van der Waals surface area contributed by atoms with Crippen LogP contribution in [-0.2, 0) is 11.3 Å². The Morgan fingerprint density at radius 3 is 2.44 bits per heavy atom. The summed E-state index contributed by atoms with van der Waals surface area (Å²) in [6, 6.07) is 9.64. The molecular formula is C24H27N7O3. The molecule has 0 spiro atoms. The summed E-state index contributed by atoms with van der Waals surface area (Å²) in [4.78, 5) is 44.3. The van der Waals surface area contributed by atoms with Gasteiger partial charge in [0.1, 0.15) is 12.4 Å². The molecule has 1 fully saturated rings. The Morgan fingerprint density at radius 1 is 1.06 bits per heavy atom. The predicted octanol–water partition coefficient (Wildman–Crippen LogP) is 2.54. The summed E-state index contributed by atoms with van der Waals surface area (Å²) in [7, 11) is 1.64. The average Bonchev–Trinajstić information content (AvgIpc) is 2.88. The zero-order valence-corrected chi connectivity index (χ0v) is 19.0. The van der Waals surface area contributed by atoms with Crippen LogP contribution in [-0.4, -0.2) is 68.6 Å².